The molecule has 0 unspecified atom stereocenters. The van der Waals surface area contributed by atoms with Gasteiger partial charge in [-0.15, -0.1) is 0 Å². The molecule has 19 heavy (non-hydrogen) atoms. The van der Waals surface area contributed by atoms with E-state index in [9.17, 15) is 38.4 Å². The zero-order valence-corrected chi connectivity index (χ0v) is 12.0. The van der Waals surface area contributed by atoms with Gasteiger partial charge in [0.05, 0.1) is 0 Å². The minimum Gasteiger partial charge on any atom is 0 e. The van der Waals surface area contributed by atoms with Crippen molar-refractivity contribution in [1.82, 2.24) is 0 Å². The average Bonchev–Trinajstić information content (AvgIpc) is 2.48. The van der Waals surface area contributed by atoms with Gasteiger partial charge in [0.25, 0.3) is 0 Å². The molecule has 0 saturated carbocycles. The van der Waals surface area contributed by atoms with Gasteiger partial charge < -0.3 is 0 Å². The van der Waals surface area contributed by atoms with E-state index in [1.165, 1.54) is 0 Å². The molecule has 0 bridgehead atoms. The Hall–Kier alpha value is -1.12. The van der Waals surface area contributed by atoms with E-state index in [2.05, 4.69) is 0 Å². The predicted octanol–water partition coefficient (Wildman–Crippen LogP) is -2.20. The third-order valence-corrected chi connectivity index (χ3v) is 10.5. The molecule has 0 aromatic carbocycles. The molecule has 0 aliphatic rings. The van der Waals surface area contributed by atoms with E-state index >= 15 is 0 Å². The predicted molar refractivity (Wildman–Crippen MR) is 54.0 cm³/mol. The van der Waals surface area contributed by atoms with Gasteiger partial charge in [-0.25, -0.2) is 0 Å². The van der Waals surface area contributed by atoms with Crippen LogP contribution in [0, 0.1) is 0 Å². The molecule has 0 aromatic heterocycles. The summed E-state index contributed by atoms with van der Waals surface area (Å²) < 4.78 is 0. The molecule has 0 spiro atoms. The fourth-order valence-corrected chi connectivity index (χ4v) is 2.14. The maximum absolute atomic E-state index is 11.2. The van der Waals surface area contributed by atoms with Crippen LogP contribution in [-0.2, 0) is 80.4 Å². The molecule has 0 aromatic rings. The Morgan fingerprint density at radius 3 is 0.474 bits per heavy atom. The molecule has 0 fully saturated rings. The van der Waals surface area contributed by atoms with Crippen LogP contribution in [0.1, 0.15) is 0 Å². The molecule has 0 heterocycles. The molecule has 0 amide bonds. The normalized spacial score (nSPS) is 17.7. The Kier molecular flexibility index (Phi) is 4.24. The Balaban J connectivity index is -0.00000128. The van der Waals surface area contributed by atoms with Crippen LogP contribution in [0.2, 0.25) is 0 Å². The molecular formula is C8H8Co3O8. The summed E-state index contributed by atoms with van der Waals surface area (Å²) in [7, 11) is -8.64. The van der Waals surface area contributed by atoms with Gasteiger partial charge in [-0.1, -0.05) is 0 Å². The number of carbonyl (C=O) groups excluding carboxylic acids is 8. The van der Waals surface area contributed by atoms with Gasteiger partial charge in [0.1, 0.15) is 0 Å². The Morgan fingerprint density at radius 2 is 0.474 bits per heavy atom. The number of hydrogen-bond acceptors (Lipinski definition) is 8. The number of carbonyl (C=O) groups is 8. The van der Waals surface area contributed by atoms with Gasteiger partial charge in [-0.2, -0.15) is 0 Å². The number of rotatable bonds is 8. The Bertz CT molecular complexity index is 398. The summed E-state index contributed by atoms with van der Waals surface area (Å²) in [6.07, 6.45) is 0. The first-order chi connectivity index (χ1) is 7.66. The van der Waals surface area contributed by atoms with Crippen LogP contribution in [0.15, 0.2) is 0 Å². The minimum absolute atomic E-state index is 0. The Labute approximate surface area is 122 Å². The van der Waals surface area contributed by atoms with Crippen molar-refractivity contribution >= 4 is 41.8 Å². The van der Waals surface area contributed by atoms with Crippen molar-refractivity contribution in [3.63, 3.8) is 0 Å². The topological polar surface area (TPSA) is 137 Å². The van der Waals surface area contributed by atoms with Gasteiger partial charge >= 0.3 is 88.6 Å². The molecule has 2 radical (unpaired) electrons. The zero-order valence-electron chi connectivity index (χ0n) is 8.88. The molecule has 0 aliphatic carbocycles. The second-order valence-electron chi connectivity index (χ2n) is 3.74. The van der Waals surface area contributed by atoms with E-state index in [0.717, 1.165) is 0 Å². The maximum Gasteiger partial charge on any atom is 0 e. The van der Waals surface area contributed by atoms with Gasteiger partial charge in [-0.05, 0) is 0 Å². The average molecular weight is 409 g/mol. The van der Waals surface area contributed by atoms with Gasteiger partial charge in [-0.3, -0.25) is 0 Å². The van der Waals surface area contributed by atoms with Crippen LogP contribution in [0.4, 0.5) is 0 Å². The molecule has 115 valence electrons. The van der Waals surface area contributed by atoms with E-state index in [0.29, 0.717) is 0 Å². The first kappa shape index (κ1) is 23.0. The first-order valence-electron chi connectivity index (χ1n) is 3.43. The van der Waals surface area contributed by atoms with E-state index in [4.69, 9.17) is 0 Å². The van der Waals surface area contributed by atoms with E-state index in [1.807, 2.05) is 0 Å². The van der Waals surface area contributed by atoms with Gasteiger partial charge in [0.15, 0.2) is 0 Å². The van der Waals surface area contributed by atoms with E-state index in [-0.39, 0.29) is 33.6 Å². The van der Waals surface area contributed by atoms with Crippen LogP contribution < -0.4 is 0 Å². The summed E-state index contributed by atoms with van der Waals surface area (Å²) in [5.74, 6) is 0. The maximum atomic E-state index is 11.2. The molecule has 0 saturated heterocycles. The molecule has 0 atom stereocenters. The van der Waals surface area contributed by atoms with Crippen molar-refractivity contribution in [1.29, 1.82) is 0 Å². The second-order valence-corrected chi connectivity index (χ2v) is 15.4. The van der Waals surface area contributed by atoms with Crippen LogP contribution >= 0.6 is 0 Å². The summed E-state index contributed by atoms with van der Waals surface area (Å²) in [6.45, 7) is 0. The molecule has 0 aliphatic heterocycles. The van der Waals surface area contributed by atoms with E-state index in [1.54, 1.807) is 0 Å². The van der Waals surface area contributed by atoms with Crippen LogP contribution in [0.3, 0.4) is 0 Å². The molecule has 11 heteroatoms. The van der Waals surface area contributed by atoms with Crippen molar-refractivity contribution in [2.24, 2.45) is 0 Å². The third kappa shape index (κ3) is 1.24. The summed E-state index contributed by atoms with van der Waals surface area (Å²) in [5.41, 5.74) is 0. The molecule has 8 nitrogen and oxygen atoms in total. The van der Waals surface area contributed by atoms with Crippen molar-refractivity contribution in [2.75, 3.05) is 0 Å². The van der Waals surface area contributed by atoms with Crippen LogP contribution in [0.5, 0.6) is 0 Å². The van der Waals surface area contributed by atoms with Gasteiger partial charge in [0.2, 0.25) is 0 Å². The fourth-order valence-electron chi connectivity index (χ4n) is 0.519. The van der Waals surface area contributed by atoms with Gasteiger partial charge in [0, 0.05) is 33.6 Å². The monoisotopic (exact) mass is 409 g/mol. The summed E-state index contributed by atoms with van der Waals surface area (Å²) >= 11 is 0. The smallest absolute Gasteiger partial charge is 0 e. The summed E-state index contributed by atoms with van der Waals surface area (Å²) in [6, 6.07) is 0. The molecule has 0 N–H and O–H groups in total. The molecule has 0 rings (SSSR count). The van der Waals surface area contributed by atoms with Crippen LogP contribution in [-0.4, -0.2) is 41.8 Å². The third-order valence-electron chi connectivity index (χ3n) is 2.54. The summed E-state index contributed by atoms with van der Waals surface area (Å²) in [4.78, 5) is 89.4. The van der Waals surface area contributed by atoms with Crippen molar-refractivity contribution < 1.29 is 80.4 Å². The molecular weight excluding hydrogens is 401 g/mol. The van der Waals surface area contributed by atoms with Crippen molar-refractivity contribution in [3.8, 4) is 0 Å². The fraction of sp³-hybridized carbons (Fsp3) is 0. The largest absolute Gasteiger partial charge is 0 e. The van der Waals surface area contributed by atoms with E-state index < -0.39 is 50.2 Å². The SMILES string of the molecule is O=[CH][Co]([CH]=O)([CH]=O)([CH]=O)([CH]=O)([CH]=O)([CH]=O)[CH]=O.[Co].[Co]. The quantitative estimate of drug-likeness (QED) is 0.412. The first-order valence-corrected chi connectivity index (χ1v) is 8.23. The van der Waals surface area contributed by atoms with Crippen molar-refractivity contribution in [3.05, 3.63) is 0 Å². The number of hydrogen-bond donors (Lipinski definition) is 0. The standard InChI is InChI=1S/8CHO.3Co/c8*1-2;;;/h8*1H;;;. The second kappa shape index (κ2) is 3.50. The zero-order chi connectivity index (χ0) is 14.0. The summed E-state index contributed by atoms with van der Waals surface area (Å²) in [5, 5.41) is -8.31. The minimum atomic E-state index is -8.64. The van der Waals surface area contributed by atoms with Crippen LogP contribution in [0.25, 0.3) is 0 Å². The van der Waals surface area contributed by atoms with Crippen molar-refractivity contribution in [2.45, 2.75) is 0 Å². The Morgan fingerprint density at radius 1 is 0.368 bits per heavy atom.